The van der Waals surface area contributed by atoms with Gasteiger partial charge in [0.05, 0.1) is 11.6 Å². The number of carbonyl (C=O) groups excluding carboxylic acids is 1. The summed E-state index contributed by atoms with van der Waals surface area (Å²) in [6.07, 6.45) is 4.05. The molecule has 0 radical (unpaired) electrons. The molecule has 1 aliphatic rings. The normalized spacial score (nSPS) is 19.5. The zero-order chi connectivity index (χ0) is 18.7. The van der Waals surface area contributed by atoms with Crippen molar-refractivity contribution in [3.8, 4) is 6.07 Å². The number of rotatable bonds is 5. The predicted molar refractivity (Wildman–Crippen MR) is 99.4 cm³/mol. The first-order valence-corrected chi connectivity index (χ1v) is 8.86. The Morgan fingerprint density at radius 1 is 1.42 bits per heavy atom. The van der Waals surface area contributed by atoms with Crippen molar-refractivity contribution in [2.45, 2.75) is 33.2 Å². The van der Waals surface area contributed by atoms with Gasteiger partial charge in [-0.1, -0.05) is 6.07 Å². The van der Waals surface area contributed by atoms with Crippen molar-refractivity contribution in [3.05, 3.63) is 53.0 Å². The number of carbonyl (C=O) groups is 1. The van der Waals surface area contributed by atoms with Crippen LogP contribution in [-0.4, -0.2) is 33.9 Å². The molecule has 1 aliphatic heterocycles. The highest BCUT2D eigenvalue weighted by molar-refractivity contribution is 5.79. The molecular formula is C20H23N5O. The molecule has 6 heteroatoms. The van der Waals surface area contributed by atoms with Crippen molar-refractivity contribution in [1.82, 2.24) is 14.9 Å². The minimum absolute atomic E-state index is 0.00913. The molecule has 26 heavy (non-hydrogen) atoms. The topological polar surface area (TPSA) is 81.9 Å². The number of hydrogen-bond acceptors (Lipinski definition) is 5. The molecule has 134 valence electrons. The molecule has 1 amide bonds. The standard InChI is InChI=1S/C20H23N5O/c1-4-25-18(26)9-16(19(25)15-6-5-7-22-11-15)12-23-20-17(10-21)13(2)8-14(3)24-20/h5-8,11,16,19H,4,9,12H2,1-3H3,(H,23,24)/t16-,19-/m0/s1. The third-order valence-electron chi connectivity index (χ3n) is 4.89. The Hall–Kier alpha value is -2.94. The lowest BCUT2D eigenvalue weighted by Crippen LogP contribution is -2.30. The van der Waals surface area contributed by atoms with E-state index in [1.54, 1.807) is 6.20 Å². The summed E-state index contributed by atoms with van der Waals surface area (Å²) < 4.78 is 0. The van der Waals surface area contributed by atoms with E-state index < -0.39 is 0 Å². The third-order valence-corrected chi connectivity index (χ3v) is 4.89. The van der Waals surface area contributed by atoms with Gasteiger partial charge in [-0.05, 0) is 44.0 Å². The monoisotopic (exact) mass is 349 g/mol. The quantitative estimate of drug-likeness (QED) is 0.897. The van der Waals surface area contributed by atoms with E-state index in [0.29, 0.717) is 30.9 Å². The zero-order valence-corrected chi connectivity index (χ0v) is 15.4. The van der Waals surface area contributed by atoms with E-state index in [0.717, 1.165) is 16.8 Å². The van der Waals surface area contributed by atoms with Crippen LogP contribution in [0, 0.1) is 31.1 Å². The third kappa shape index (κ3) is 3.38. The molecule has 0 unspecified atom stereocenters. The molecular weight excluding hydrogens is 326 g/mol. The fourth-order valence-electron chi connectivity index (χ4n) is 3.76. The second kappa shape index (κ2) is 7.52. The summed E-state index contributed by atoms with van der Waals surface area (Å²) in [5, 5.41) is 12.8. The lowest BCUT2D eigenvalue weighted by atomic mass is 9.94. The number of likely N-dealkylation sites (tertiary alicyclic amines) is 1. The highest BCUT2D eigenvalue weighted by Crippen LogP contribution is 2.37. The van der Waals surface area contributed by atoms with Crippen LogP contribution in [0.3, 0.4) is 0 Å². The Balaban J connectivity index is 1.85. The number of aromatic nitrogens is 2. The van der Waals surface area contributed by atoms with Gasteiger partial charge in [0, 0.05) is 43.5 Å². The van der Waals surface area contributed by atoms with Gasteiger partial charge in [-0.3, -0.25) is 9.78 Å². The van der Waals surface area contributed by atoms with Crippen molar-refractivity contribution < 1.29 is 4.79 Å². The molecule has 3 heterocycles. The summed E-state index contributed by atoms with van der Waals surface area (Å²) in [5.41, 5.74) is 3.38. The van der Waals surface area contributed by atoms with E-state index in [1.807, 2.05) is 50.1 Å². The van der Waals surface area contributed by atoms with Crippen molar-refractivity contribution >= 4 is 11.7 Å². The smallest absolute Gasteiger partial charge is 0.223 e. The van der Waals surface area contributed by atoms with Gasteiger partial charge in [-0.15, -0.1) is 0 Å². The first-order chi connectivity index (χ1) is 12.5. The van der Waals surface area contributed by atoms with Gasteiger partial charge in [0.25, 0.3) is 0 Å². The highest BCUT2D eigenvalue weighted by Gasteiger charge is 2.39. The number of anilines is 1. The van der Waals surface area contributed by atoms with E-state index >= 15 is 0 Å². The van der Waals surface area contributed by atoms with Crippen LogP contribution in [0.2, 0.25) is 0 Å². The summed E-state index contributed by atoms with van der Waals surface area (Å²) in [7, 11) is 0. The minimum atomic E-state index is -0.00913. The summed E-state index contributed by atoms with van der Waals surface area (Å²) in [4.78, 5) is 23.0. The maximum Gasteiger partial charge on any atom is 0.223 e. The number of nitrogens with one attached hydrogen (secondary N) is 1. The fraction of sp³-hybridized carbons (Fsp3) is 0.400. The number of hydrogen-bond donors (Lipinski definition) is 1. The Labute approximate surface area is 153 Å². The second-order valence-electron chi connectivity index (χ2n) is 6.67. The summed E-state index contributed by atoms with van der Waals surface area (Å²) >= 11 is 0. The van der Waals surface area contributed by atoms with Gasteiger partial charge in [0.15, 0.2) is 0 Å². The Bertz CT molecular complexity index is 843. The van der Waals surface area contributed by atoms with Crippen molar-refractivity contribution in [3.63, 3.8) is 0 Å². The number of nitrogens with zero attached hydrogens (tertiary/aromatic N) is 4. The summed E-state index contributed by atoms with van der Waals surface area (Å²) in [6, 6.07) is 8.03. The lowest BCUT2D eigenvalue weighted by Gasteiger charge is -2.27. The first kappa shape index (κ1) is 17.9. The highest BCUT2D eigenvalue weighted by atomic mass is 16.2. The Kier molecular flexibility index (Phi) is 5.17. The van der Waals surface area contributed by atoms with Crippen LogP contribution >= 0.6 is 0 Å². The SMILES string of the molecule is CCN1C(=O)C[C@@H](CNc2nc(C)cc(C)c2C#N)[C@@H]1c1cccnc1. The zero-order valence-electron chi connectivity index (χ0n) is 15.4. The average Bonchev–Trinajstić information content (AvgIpc) is 2.95. The van der Waals surface area contributed by atoms with Crippen molar-refractivity contribution in [2.75, 3.05) is 18.4 Å². The molecule has 1 fully saturated rings. The number of amides is 1. The molecule has 1 saturated heterocycles. The van der Waals surface area contributed by atoms with Crippen LogP contribution in [0.1, 0.15) is 41.8 Å². The van der Waals surface area contributed by atoms with E-state index in [4.69, 9.17) is 0 Å². The maximum atomic E-state index is 12.5. The molecule has 3 rings (SSSR count). The molecule has 0 aromatic carbocycles. The molecule has 6 nitrogen and oxygen atoms in total. The molecule has 0 saturated carbocycles. The van der Waals surface area contributed by atoms with Crippen LogP contribution in [-0.2, 0) is 4.79 Å². The number of pyridine rings is 2. The van der Waals surface area contributed by atoms with Crippen LogP contribution in [0.5, 0.6) is 0 Å². The van der Waals surface area contributed by atoms with Gasteiger partial charge in [0.1, 0.15) is 11.9 Å². The predicted octanol–water partition coefficient (Wildman–Crippen LogP) is 2.99. The van der Waals surface area contributed by atoms with Crippen LogP contribution in [0.4, 0.5) is 5.82 Å². The summed E-state index contributed by atoms with van der Waals surface area (Å²) in [6.45, 7) is 7.06. The number of nitriles is 1. The molecule has 2 aromatic rings. The van der Waals surface area contributed by atoms with Crippen LogP contribution in [0.25, 0.3) is 0 Å². The average molecular weight is 349 g/mol. The molecule has 2 aromatic heterocycles. The lowest BCUT2D eigenvalue weighted by molar-refractivity contribution is -0.128. The maximum absolute atomic E-state index is 12.5. The van der Waals surface area contributed by atoms with Crippen molar-refractivity contribution in [2.24, 2.45) is 5.92 Å². The minimum Gasteiger partial charge on any atom is -0.369 e. The largest absolute Gasteiger partial charge is 0.369 e. The van der Waals surface area contributed by atoms with Crippen molar-refractivity contribution in [1.29, 1.82) is 5.26 Å². The van der Waals surface area contributed by atoms with Gasteiger partial charge >= 0.3 is 0 Å². The van der Waals surface area contributed by atoms with Gasteiger partial charge in [-0.25, -0.2) is 4.98 Å². The van der Waals surface area contributed by atoms with E-state index in [2.05, 4.69) is 21.4 Å². The molecule has 0 aliphatic carbocycles. The Morgan fingerprint density at radius 3 is 2.88 bits per heavy atom. The molecule has 2 atom stereocenters. The molecule has 1 N–H and O–H groups in total. The van der Waals surface area contributed by atoms with Crippen LogP contribution in [0.15, 0.2) is 30.6 Å². The second-order valence-corrected chi connectivity index (χ2v) is 6.67. The fourth-order valence-corrected chi connectivity index (χ4v) is 3.76. The first-order valence-electron chi connectivity index (χ1n) is 8.86. The number of aryl methyl sites for hydroxylation is 2. The van der Waals surface area contributed by atoms with Gasteiger partial charge in [-0.2, -0.15) is 5.26 Å². The Morgan fingerprint density at radius 2 is 2.23 bits per heavy atom. The van der Waals surface area contributed by atoms with Gasteiger partial charge < -0.3 is 10.2 Å². The molecule has 0 spiro atoms. The van der Waals surface area contributed by atoms with E-state index in [9.17, 15) is 10.1 Å². The van der Waals surface area contributed by atoms with E-state index in [-0.39, 0.29) is 17.9 Å². The molecule has 0 bridgehead atoms. The van der Waals surface area contributed by atoms with Crippen LogP contribution < -0.4 is 5.32 Å². The van der Waals surface area contributed by atoms with Gasteiger partial charge in [0.2, 0.25) is 5.91 Å². The van der Waals surface area contributed by atoms with E-state index in [1.165, 1.54) is 0 Å². The summed E-state index contributed by atoms with van der Waals surface area (Å²) in [5.74, 6) is 0.847.